The topological polar surface area (TPSA) is 24.9 Å². The molecule has 0 aromatic carbocycles. The second-order valence-electron chi connectivity index (χ2n) is 3.75. The molecule has 1 aromatic rings. The highest BCUT2D eigenvalue weighted by atomic mass is 32.1. The van der Waals surface area contributed by atoms with Crippen molar-refractivity contribution in [3.05, 3.63) is 16.6 Å². The summed E-state index contributed by atoms with van der Waals surface area (Å²) in [5.41, 5.74) is 3.47. The maximum absolute atomic E-state index is 4.23. The average Bonchev–Trinajstić information content (AvgIpc) is 2.49. The van der Waals surface area contributed by atoms with Gasteiger partial charge in [-0.25, -0.2) is 4.98 Å². The summed E-state index contributed by atoms with van der Waals surface area (Å²) in [5, 5.41) is 5.65. The zero-order chi connectivity index (χ0) is 8.44. The van der Waals surface area contributed by atoms with E-state index in [0.717, 1.165) is 6.54 Å². The third-order valence-corrected chi connectivity index (χ3v) is 3.27. The highest BCUT2D eigenvalue weighted by Gasteiger charge is 2.30. The van der Waals surface area contributed by atoms with Gasteiger partial charge in [-0.15, -0.1) is 11.3 Å². The molecule has 1 aliphatic carbocycles. The lowest BCUT2D eigenvalue weighted by Crippen LogP contribution is -2.47. The number of hydrogen-bond donors (Lipinski definition) is 1. The third-order valence-electron chi connectivity index (χ3n) is 2.64. The Bertz CT molecular complexity index is 239. The van der Waals surface area contributed by atoms with Crippen molar-refractivity contribution < 1.29 is 0 Å². The van der Waals surface area contributed by atoms with Crippen LogP contribution >= 0.6 is 11.3 Å². The summed E-state index contributed by atoms with van der Waals surface area (Å²) in [4.78, 5) is 4.23. The van der Waals surface area contributed by atoms with Gasteiger partial charge in [-0.2, -0.15) is 0 Å². The van der Waals surface area contributed by atoms with Gasteiger partial charge in [0.05, 0.1) is 11.2 Å². The number of nitrogens with one attached hydrogen (secondary N) is 1. The minimum atomic E-state index is 0.406. The van der Waals surface area contributed by atoms with Crippen LogP contribution in [0.25, 0.3) is 0 Å². The van der Waals surface area contributed by atoms with E-state index in [1.165, 1.54) is 25.0 Å². The van der Waals surface area contributed by atoms with E-state index in [9.17, 15) is 0 Å². The molecule has 1 aromatic heterocycles. The smallest absolute Gasteiger partial charge is 0.0795 e. The van der Waals surface area contributed by atoms with Gasteiger partial charge < -0.3 is 5.32 Å². The molecule has 66 valence electrons. The van der Waals surface area contributed by atoms with E-state index in [1.807, 2.05) is 5.51 Å². The Morgan fingerprint density at radius 1 is 1.67 bits per heavy atom. The molecular formula is C9H14N2S. The first-order valence-corrected chi connectivity index (χ1v) is 5.35. The molecule has 2 rings (SSSR count). The van der Waals surface area contributed by atoms with Crippen LogP contribution in [0.1, 0.15) is 31.9 Å². The summed E-state index contributed by atoms with van der Waals surface area (Å²) >= 11 is 1.66. The summed E-state index contributed by atoms with van der Waals surface area (Å²) in [6, 6.07) is 0. The maximum atomic E-state index is 4.23. The van der Waals surface area contributed by atoms with Gasteiger partial charge in [0.15, 0.2) is 0 Å². The molecule has 0 radical (unpaired) electrons. The van der Waals surface area contributed by atoms with Gasteiger partial charge in [-0.05, 0) is 26.2 Å². The van der Waals surface area contributed by atoms with Crippen molar-refractivity contribution in [1.82, 2.24) is 10.3 Å². The first-order valence-electron chi connectivity index (χ1n) is 4.41. The lowest BCUT2D eigenvalue weighted by Gasteiger charge is -2.39. The second kappa shape index (κ2) is 3.15. The van der Waals surface area contributed by atoms with Crippen molar-refractivity contribution in [3.8, 4) is 0 Å². The number of hydrogen-bond acceptors (Lipinski definition) is 3. The fourth-order valence-corrected chi connectivity index (χ4v) is 2.07. The van der Waals surface area contributed by atoms with E-state index in [-0.39, 0.29) is 0 Å². The van der Waals surface area contributed by atoms with Crippen LogP contribution in [0, 0.1) is 0 Å². The molecule has 0 atom stereocenters. The maximum Gasteiger partial charge on any atom is 0.0795 e. The predicted octanol–water partition coefficient (Wildman–Crippen LogP) is 2.18. The zero-order valence-electron chi connectivity index (χ0n) is 7.34. The molecule has 1 saturated carbocycles. The number of thiazole rings is 1. The van der Waals surface area contributed by atoms with Crippen LogP contribution in [0.5, 0.6) is 0 Å². The van der Waals surface area contributed by atoms with Crippen LogP contribution < -0.4 is 5.32 Å². The summed E-state index contributed by atoms with van der Waals surface area (Å²) < 4.78 is 0. The minimum Gasteiger partial charge on any atom is -0.306 e. The molecule has 0 amide bonds. The lowest BCUT2D eigenvalue weighted by molar-refractivity contribution is 0.206. The Morgan fingerprint density at radius 2 is 2.50 bits per heavy atom. The average molecular weight is 182 g/mol. The van der Waals surface area contributed by atoms with Gasteiger partial charge in [0.1, 0.15) is 0 Å². The lowest BCUT2D eigenvalue weighted by atomic mass is 9.78. The Labute approximate surface area is 77.0 Å². The predicted molar refractivity (Wildman–Crippen MR) is 51.2 cm³/mol. The Hall–Kier alpha value is -0.410. The largest absolute Gasteiger partial charge is 0.306 e. The van der Waals surface area contributed by atoms with Gasteiger partial charge in [-0.1, -0.05) is 0 Å². The van der Waals surface area contributed by atoms with Crippen molar-refractivity contribution in [2.24, 2.45) is 0 Å². The van der Waals surface area contributed by atoms with Crippen LogP contribution in [0.15, 0.2) is 10.9 Å². The van der Waals surface area contributed by atoms with E-state index in [1.54, 1.807) is 11.3 Å². The van der Waals surface area contributed by atoms with E-state index in [4.69, 9.17) is 0 Å². The molecule has 2 nitrogen and oxygen atoms in total. The van der Waals surface area contributed by atoms with Crippen molar-refractivity contribution in [3.63, 3.8) is 0 Å². The number of aromatic nitrogens is 1. The third kappa shape index (κ3) is 1.67. The Morgan fingerprint density at radius 3 is 3.00 bits per heavy atom. The quantitative estimate of drug-likeness (QED) is 0.775. The molecule has 1 fully saturated rings. The Balaban J connectivity index is 1.82. The molecule has 1 aliphatic rings. The minimum absolute atomic E-state index is 0.406. The molecule has 0 bridgehead atoms. The molecule has 0 saturated heterocycles. The van der Waals surface area contributed by atoms with Gasteiger partial charge in [0, 0.05) is 17.5 Å². The zero-order valence-corrected chi connectivity index (χ0v) is 8.16. The van der Waals surface area contributed by atoms with Crippen molar-refractivity contribution in [1.29, 1.82) is 0 Å². The molecule has 3 heteroatoms. The second-order valence-corrected chi connectivity index (χ2v) is 4.47. The standard InChI is InChI=1S/C9H14N2S/c1-9(3-2-4-9)11-5-8-6-12-7-10-8/h6-7,11H,2-5H2,1H3. The van der Waals surface area contributed by atoms with Gasteiger partial charge in [-0.3, -0.25) is 0 Å². The molecule has 0 aliphatic heterocycles. The molecule has 1 heterocycles. The first kappa shape index (κ1) is 8.20. The van der Waals surface area contributed by atoms with E-state index in [0.29, 0.717) is 5.54 Å². The van der Waals surface area contributed by atoms with E-state index >= 15 is 0 Å². The highest BCUT2D eigenvalue weighted by Crippen LogP contribution is 2.31. The number of nitrogens with zero attached hydrogens (tertiary/aromatic N) is 1. The van der Waals surface area contributed by atoms with E-state index in [2.05, 4.69) is 22.6 Å². The summed E-state index contributed by atoms with van der Waals surface area (Å²) in [6.45, 7) is 3.23. The monoisotopic (exact) mass is 182 g/mol. The molecule has 1 N–H and O–H groups in total. The highest BCUT2D eigenvalue weighted by molar-refractivity contribution is 7.07. The van der Waals surface area contributed by atoms with Crippen molar-refractivity contribution in [2.75, 3.05) is 0 Å². The fraction of sp³-hybridized carbons (Fsp3) is 0.667. The Kier molecular flexibility index (Phi) is 2.15. The van der Waals surface area contributed by atoms with Crippen LogP contribution in [0.3, 0.4) is 0 Å². The van der Waals surface area contributed by atoms with Crippen LogP contribution in [0.2, 0.25) is 0 Å². The normalized spacial score (nSPS) is 20.4. The molecule has 0 unspecified atom stereocenters. The van der Waals surface area contributed by atoms with Crippen LogP contribution in [0.4, 0.5) is 0 Å². The fourth-order valence-electron chi connectivity index (χ4n) is 1.51. The van der Waals surface area contributed by atoms with Crippen LogP contribution in [-0.2, 0) is 6.54 Å². The van der Waals surface area contributed by atoms with Crippen LogP contribution in [-0.4, -0.2) is 10.5 Å². The van der Waals surface area contributed by atoms with Gasteiger partial charge >= 0.3 is 0 Å². The molecule has 12 heavy (non-hydrogen) atoms. The summed E-state index contributed by atoms with van der Waals surface area (Å²) in [5.74, 6) is 0. The van der Waals surface area contributed by atoms with Gasteiger partial charge in [0.25, 0.3) is 0 Å². The van der Waals surface area contributed by atoms with Crippen molar-refractivity contribution >= 4 is 11.3 Å². The van der Waals surface area contributed by atoms with E-state index < -0.39 is 0 Å². The summed E-state index contributed by atoms with van der Waals surface area (Å²) in [6.07, 6.45) is 4.01. The SMILES string of the molecule is CC1(NCc2cscn2)CCC1. The number of rotatable bonds is 3. The first-order chi connectivity index (χ1) is 5.79. The summed E-state index contributed by atoms with van der Waals surface area (Å²) in [7, 11) is 0. The molecular weight excluding hydrogens is 168 g/mol. The van der Waals surface area contributed by atoms with Crippen molar-refractivity contribution in [2.45, 2.75) is 38.3 Å². The molecule has 0 spiro atoms. The van der Waals surface area contributed by atoms with Gasteiger partial charge in [0.2, 0.25) is 0 Å².